The second kappa shape index (κ2) is 5.84. The number of amides is 1. The zero-order valence-corrected chi connectivity index (χ0v) is 9.97. The van der Waals surface area contributed by atoms with Gasteiger partial charge >= 0.3 is 0 Å². The summed E-state index contributed by atoms with van der Waals surface area (Å²) in [5, 5.41) is 0. The number of rotatable bonds is 5. The minimum Gasteiger partial charge on any atom is -0.339 e. The van der Waals surface area contributed by atoms with Gasteiger partial charge in [0.1, 0.15) is 0 Å². The first-order chi connectivity index (χ1) is 6.40. The summed E-state index contributed by atoms with van der Waals surface area (Å²) < 4.78 is 0. The predicted octanol–water partition coefficient (Wildman–Crippen LogP) is 2.85. The quantitative estimate of drug-likeness (QED) is 0.621. The lowest BCUT2D eigenvalue weighted by Crippen LogP contribution is -2.33. The van der Waals surface area contributed by atoms with E-state index < -0.39 is 0 Å². The number of hydrogen-bond acceptors (Lipinski definition) is 1. The smallest absolute Gasteiger partial charge is 0.245 e. The Hall–Kier alpha value is -0.790. The molecule has 0 aromatic carbocycles. The predicted molar refractivity (Wildman–Crippen MR) is 61.1 cm³/mol. The fraction of sp³-hybridized carbons (Fsp3) is 0.750. The largest absolute Gasteiger partial charge is 0.339 e. The van der Waals surface area contributed by atoms with Crippen molar-refractivity contribution >= 4 is 5.91 Å². The molecule has 2 heteroatoms. The van der Waals surface area contributed by atoms with Crippen LogP contribution in [0.5, 0.6) is 0 Å². The molecule has 0 saturated carbocycles. The number of hydrogen-bond donors (Lipinski definition) is 0. The molecule has 0 aliphatic rings. The van der Waals surface area contributed by atoms with Crippen molar-refractivity contribution in [3.63, 3.8) is 0 Å². The molecule has 0 unspecified atom stereocenters. The van der Waals surface area contributed by atoms with E-state index >= 15 is 0 Å². The molecule has 0 aromatic rings. The molecule has 0 heterocycles. The summed E-state index contributed by atoms with van der Waals surface area (Å²) in [6.07, 6.45) is 3.44. The van der Waals surface area contributed by atoms with Crippen LogP contribution in [-0.4, -0.2) is 23.9 Å². The molecule has 0 rings (SSSR count). The van der Waals surface area contributed by atoms with E-state index in [4.69, 9.17) is 0 Å². The first kappa shape index (κ1) is 13.2. The summed E-state index contributed by atoms with van der Waals surface area (Å²) in [6, 6.07) is 0. The average molecular weight is 197 g/mol. The Balaban J connectivity index is 4.10. The zero-order chi connectivity index (χ0) is 11.2. The van der Waals surface area contributed by atoms with E-state index in [1.54, 1.807) is 0 Å². The van der Waals surface area contributed by atoms with Gasteiger partial charge in [0.05, 0.1) is 0 Å². The SMILES string of the molecule is C=CC(=O)N(CCC)CCC(C)(C)C. The Morgan fingerprint density at radius 1 is 1.36 bits per heavy atom. The molecule has 14 heavy (non-hydrogen) atoms. The maximum absolute atomic E-state index is 11.4. The second-order valence-electron chi connectivity index (χ2n) is 4.84. The van der Waals surface area contributed by atoms with Crippen molar-refractivity contribution < 1.29 is 4.79 Å². The third-order valence-electron chi connectivity index (χ3n) is 2.11. The Bertz CT molecular complexity index is 191. The molecule has 0 fully saturated rings. The van der Waals surface area contributed by atoms with Crippen molar-refractivity contribution in [3.05, 3.63) is 12.7 Å². The van der Waals surface area contributed by atoms with Crippen molar-refractivity contribution in [3.8, 4) is 0 Å². The van der Waals surface area contributed by atoms with Crippen molar-refractivity contribution in [1.82, 2.24) is 4.90 Å². The normalized spacial score (nSPS) is 11.1. The van der Waals surface area contributed by atoms with E-state index in [1.165, 1.54) is 6.08 Å². The lowest BCUT2D eigenvalue weighted by Gasteiger charge is -2.25. The molecule has 0 bridgehead atoms. The minimum atomic E-state index is 0.0519. The highest BCUT2D eigenvalue weighted by Gasteiger charge is 2.14. The standard InChI is InChI=1S/C12H23NO/c1-6-9-13(11(14)7-2)10-8-12(3,4)5/h7H,2,6,8-10H2,1,3-5H3. The number of nitrogens with zero attached hydrogens (tertiary/aromatic N) is 1. The fourth-order valence-corrected chi connectivity index (χ4v) is 1.20. The molecule has 2 nitrogen and oxygen atoms in total. The number of carbonyl (C=O) groups is 1. The van der Waals surface area contributed by atoms with Crippen LogP contribution in [0.1, 0.15) is 40.5 Å². The fourth-order valence-electron chi connectivity index (χ4n) is 1.20. The van der Waals surface area contributed by atoms with E-state index in [9.17, 15) is 4.79 Å². The van der Waals surface area contributed by atoms with E-state index in [-0.39, 0.29) is 11.3 Å². The molecule has 0 aliphatic carbocycles. The van der Waals surface area contributed by atoms with Crippen LogP contribution in [0.25, 0.3) is 0 Å². The Morgan fingerprint density at radius 2 is 1.93 bits per heavy atom. The van der Waals surface area contributed by atoms with E-state index in [2.05, 4.69) is 34.3 Å². The van der Waals surface area contributed by atoms with Gasteiger partial charge in [-0.05, 0) is 24.3 Å². The molecule has 82 valence electrons. The lowest BCUT2D eigenvalue weighted by molar-refractivity contribution is -0.126. The van der Waals surface area contributed by atoms with Crippen molar-refractivity contribution in [2.75, 3.05) is 13.1 Å². The molecule has 0 spiro atoms. The van der Waals surface area contributed by atoms with Gasteiger partial charge in [0.2, 0.25) is 5.91 Å². The van der Waals surface area contributed by atoms with Gasteiger partial charge in [-0.15, -0.1) is 0 Å². The topological polar surface area (TPSA) is 20.3 Å². The summed E-state index contributed by atoms with van der Waals surface area (Å²) in [6.45, 7) is 13.8. The van der Waals surface area contributed by atoms with Crippen molar-refractivity contribution in [2.24, 2.45) is 5.41 Å². The van der Waals surface area contributed by atoms with Crippen LogP contribution in [0.15, 0.2) is 12.7 Å². The molecule has 0 saturated heterocycles. The highest BCUT2D eigenvalue weighted by Crippen LogP contribution is 2.18. The molecule has 0 atom stereocenters. The monoisotopic (exact) mass is 197 g/mol. The Labute approximate surface area is 88.0 Å². The van der Waals surface area contributed by atoms with Crippen molar-refractivity contribution in [1.29, 1.82) is 0 Å². The Morgan fingerprint density at radius 3 is 2.29 bits per heavy atom. The van der Waals surface area contributed by atoms with Gasteiger partial charge in [0, 0.05) is 13.1 Å². The van der Waals surface area contributed by atoms with Crippen LogP contribution in [0.4, 0.5) is 0 Å². The lowest BCUT2D eigenvalue weighted by atomic mass is 9.92. The molecule has 0 radical (unpaired) electrons. The van der Waals surface area contributed by atoms with Gasteiger partial charge in [-0.2, -0.15) is 0 Å². The highest BCUT2D eigenvalue weighted by molar-refractivity contribution is 5.86. The van der Waals surface area contributed by atoms with Gasteiger partial charge in [-0.3, -0.25) is 4.79 Å². The summed E-state index contributed by atoms with van der Waals surface area (Å²) in [5.41, 5.74) is 0.285. The number of carbonyl (C=O) groups excluding carboxylic acids is 1. The van der Waals surface area contributed by atoms with Crippen molar-refractivity contribution in [2.45, 2.75) is 40.5 Å². The van der Waals surface area contributed by atoms with E-state index in [1.807, 2.05) is 4.90 Å². The molecular weight excluding hydrogens is 174 g/mol. The maximum Gasteiger partial charge on any atom is 0.245 e. The van der Waals surface area contributed by atoms with Crippen LogP contribution in [0.2, 0.25) is 0 Å². The third kappa shape index (κ3) is 5.79. The van der Waals surface area contributed by atoms with Gasteiger partial charge in [-0.1, -0.05) is 34.3 Å². The van der Waals surface area contributed by atoms with E-state index in [0.29, 0.717) is 0 Å². The summed E-state index contributed by atoms with van der Waals surface area (Å²) in [7, 11) is 0. The molecule has 0 N–H and O–H groups in total. The summed E-state index contributed by atoms with van der Waals surface area (Å²) >= 11 is 0. The highest BCUT2D eigenvalue weighted by atomic mass is 16.2. The first-order valence-electron chi connectivity index (χ1n) is 5.32. The van der Waals surface area contributed by atoms with Crippen LogP contribution >= 0.6 is 0 Å². The summed E-state index contributed by atoms with van der Waals surface area (Å²) in [5.74, 6) is 0.0519. The zero-order valence-electron chi connectivity index (χ0n) is 9.97. The molecule has 1 amide bonds. The van der Waals surface area contributed by atoms with Gasteiger partial charge in [-0.25, -0.2) is 0 Å². The van der Waals surface area contributed by atoms with Gasteiger partial charge < -0.3 is 4.90 Å². The first-order valence-corrected chi connectivity index (χ1v) is 5.32. The maximum atomic E-state index is 11.4. The average Bonchev–Trinajstić information content (AvgIpc) is 2.09. The van der Waals surface area contributed by atoms with Crippen LogP contribution in [0.3, 0.4) is 0 Å². The van der Waals surface area contributed by atoms with Gasteiger partial charge in [0.25, 0.3) is 0 Å². The van der Waals surface area contributed by atoms with Crippen LogP contribution < -0.4 is 0 Å². The second-order valence-corrected chi connectivity index (χ2v) is 4.84. The molecule has 0 aromatic heterocycles. The summed E-state index contributed by atoms with van der Waals surface area (Å²) in [4.78, 5) is 13.3. The Kier molecular flexibility index (Phi) is 5.51. The third-order valence-corrected chi connectivity index (χ3v) is 2.11. The van der Waals surface area contributed by atoms with Crippen LogP contribution in [0, 0.1) is 5.41 Å². The van der Waals surface area contributed by atoms with Gasteiger partial charge in [0.15, 0.2) is 0 Å². The van der Waals surface area contributed by atoms with Crippen LogP contribution in [-0.2, 0) is 4.79 Å². The molecular formula is C12H23NO. The molecule has 0 aliphatic heterocycles. The van der Waals surface area contributed by atoms with E-state index in [0.717, 1.165) is 25.9 Å². The minimum absolute atomic E-state index is 0.0519.